The van der Waals surface area contributed by atoms with Gasteiger partial charge in [-0.05, 0) is 57.6 Å². The molecular weight excluding hydrogens is 432 g/mol. The van der Waals surface area contributed by atoms with Crippen molar-refractivity contribution < 1.29 is 9.15 Å². The van der Waals surface area contributed by atoms with Gasteiger partial charge < -0.3 is 14.1 Å². The molecule has 2 aromatic carbocycles. The average molecular weight is 459 g/mol. The van der Waals surface area contributed by atoms with Gasteiger partial charge in [0, 0.05) is 39.1 Å². The number of benzene rings is 2. The summed E-state index contributed by atoms with van der Waals surface area (Å²) >= 11 is 0. The van der Waals surface area contributed by atoms with Crippen LogP contribution < -0.4 is 5.63 Å². The van der Waals surface area contributed by atoms with Crippen LogP contribution in [-0.2, 0) is 17.6 Å². The van der Waals surface area contributed by atoms with Crippen molar-refractivity contribution >= 4 is 10.8 Å². The van der Waals surface area contributed by atoms with Gasteiger partial charge in [-0.2, -0.15) is 0 Å². The van der Waals surface area contributed by atoms with Crippen molar-refractivity contribution in [2.75, 3.05) is 32.7 Å². The Balaban J connectivity index is 0.962. The first kappa shape index (κ1) is 21.2. The lowest BCUT2D eigenvalue weighted by molar-refractivity contribution is 0.0922. The van der Waals surface area contributed by atoms with Crippen LogP contribution in [-0.4, -0.2) is 75.1 Å². The van der Waals surface area contributed by atoms with E-state index in [9.17, 15) is 4.79 Å². The van der Waals surface area contributed by atoms with Gasteiger partial charge in [0.15, 0.2) is 0 Å². The van der Waals surface area contributed by atoms with Gasteiger partial charge in [0.05, 0.1) is 17.3 Å². The first-order valence-corrected chi connectivity index (χ1v) is 11.7. The molecule has 2 aliphatic rings. The Hall–Kier alpha value is -3.40. The van der Waals surface area contributed by atoms with Gasteiger partial charge in [0.2, 0.25) is 0 Å². The maximum absolute atomic E-state index is 11.8. The van der Waals surface area contributed by atoms with Crippen LogP contribution in [0.5, 0.6) is 0 Å². The minimum atomic E-state index is -0.276. The molecule has 0 bridgehead atoms. The SMILES string of the molecule is O=c1occc2cc(CCN3CCN(C4OC4Cc4ccc(-n5cnnn5)cc4)CC3)ccc12. The number of piperazine rings is 1. The molecule has 0 amide bonds. The molecule has 2 saturated heterocycles. The van der Waals surface area contributed by atoms with E-state index >= 15 is 0 Å². The summed E-state index contributed by atoms with van der Waals surface area (Å²) in [5.41, 5.74) is 3.18. The van der Waals surface area contributed by atoms with Gasteiger partial charge in [0.1, 0.15) is 18.7 Å². The third-order valence-electron chi connectivity index (χ3n) is 6.78. The van der Waals surface area contributed by atoms with E-state index < -0.39 is 0 Å². The van der Waals surface area contributed by atoms with Crippen molar-refractivity contribution in [3.8, 4) is 5.69 Å². The molecule has 9 heteroatoms. The standard InChI is InChI=1S/C25H26N6O3/c32-25-22-6-3-19(15-20(22)8-14-33-25)7-9-29-10-12-30(13-11-29)24-23(34-24)16-18-1-4-21(5-2-18)31-17-26-27-28-31/h1-6,8,14-15,17,23-24H,7,9-13,16H2. The largest absolute Gasteiger partial charge is 0.431 e. The number of tetrazole rings is 1. The van der Waals surface area contributed by atoms with E-state index in [0.29, 0.717) is 5.39 Å². The number of epoxide rings is 1. The number of hydrogen-bond donors (Lipinski definition) is 0. The molecule has 4 heterocycles. The minimum absolute atomic E-state index is 0.230. The number of rotatable bonds is 7. The molecule has 0 N–H and O–H groups in total. The Kier molecular flexibility index (Phi) is 5.66. The molecule has 2 unspecified atom stereocenters. The molecule has 2 aromatic heterocycles. The Morgan fingerprint density at radius 2 is 1.79 bits per heavy atom. The summed E-state index contributed by atoms with van der Waals surface area (Å²) in [6, 6.07) is 16.2. The number of fused-ring (bicyclic) bond motifs is 1. The molecule has 174 valence electrons. The molecule has 9 nitrogen and oxygen atoms in total. The predicted molar refractivity (Wildman–Crippen MR) is 126 cm³/mol. The Labute approximate surface area is 196 Å². The lowest BCUT2D eigenvalue weighted by atomic mass is 10.1. The van der Waals surface area contributed by atoms with Crippen LogP contribution in [0.1, 0.15) is 11.1 Å². The molecule has 2 aliphatic heterocycles. The zero-order chi connectivity index (χ0) is 22.9. The van der Waals surface area contributed by atoms with E-state index in [1.54, 1.807) is 11.0 Å². The zero-order valence-electron chi connectivity index (χ0n) is 18.8. The Bertz CT molecular complexity index is 1310. The fourth-order valence-electron chi connectivity index (χ4n) is 4.75. The third-order valence-corrected chi connectivity index (χ3v) is 6.78. The molecule has 2 atom stereocenters. The van der Waals surface area contributed by atoms with Gasteiger partial charge in [-0.3, -0.25) is 4.90 Å². The molecule has 6 rings (SSSR count). The van der Waals surface area contributed by atoms with Crippen molar-refractivity contribution in [2.45, 2.75) is 25.2 Å². The predicted octanol–water partition coefficient (Wildman–Crippen LogP) is 1.90. The van der Waals surface area contributed by atoms with Gasteiger partial charge >= 0.3 is 5.63 Å². The maximum atomic E-state index is 11.8. The monoisotopic (exact) mass is 458 g/mol. The Morgan fingerprint density at radius 3 is 2.59 bits per heavy atom. The summed E-state index contributed by atoms with van der Waals surface area (Å²) in [4.78, 5) is 16.7. The van der Waals surface area contributed by atoms with E-state index in [1.807, 2.05) is 30.3 Å². The highest BCUT2D eigenvalue weighted by Gasteiger charge is 2.44. The van der Waals surface area contributed by atoms with Crippen LogP contribution in [0, 0.1) is 0 Å². The number of aromatic nitrogens is 4. The summed E-state index contributed by atoms with van der Waals surface area (Å²) in [5.74, 6) is 0. The van der Waals surface area contributed by atoms with Crippen molar-refractivity contribution in [1.82, 2.24) is 30.0 Å². The normalized spacial score (nSPS) is 21.2. The number of hydrogen-bond acceptors (Lipinski definition) is 8. The number of ether oxygens (including phenoxy) is 1. The van der Waals surface area contributed by atoms with Crippen molar-refractivity contribution in [3.63, 3.8) is 0 Å². The highest BCUT2D eigenvalue weighted by atomic mass is 16.6. The van der Waals surface area contributed by atoms with Crippen molar-refractivity contribution in [2.24, 2.45) is 0 Å². The molecular formula is C25H26N6O3. The highest BCUT2D eigenvalue weighted by molar-refractivity contribution is 5.81. The summed E-state index contributed by atoms with van der Waals surface area (Å²) in [6.07, 6.45) is 5.44. The Morgan fingerprint density at radius 1 is 0.971 bits per heavy atom. The topological polar surface area (TPSA) is 92.8 Å². The molecule has 0 spiro atoms. The first-order valence-electron chi connectivity index (χ1n) is 11.7. The van der Waals surface area contributed by atoms with Gasteiger partial charge in [-0.1, -0.05) is 24.3 Å². The zero-order valence-corrected chi connectivity index (χ0v) is 18.8. The second kappa shape index (κ2) is 9.09. The summed E-state index contributed by atoms with van der Waals surface area (Å²) < 4.78 is 12.6. The van der Waals surface area contributed by atoms with E-state index in [4.69, 9.17) is 9.15 Å². The average Bonchev–Trinajstić information content (AvgIpc) is 3.41. The van der Waals surface area contributed by atoms with Crippen molar-refractivity contribution in [1.29, 1.82) is 0 Å². The van der Waals surface area contributed by atoms with E-state index in [-0.39, 0.29) is 18.0 Å². The first-order chi connectivity index (χ1) is 16.7. The molecule has 0 aliphatic carbocycles. The van der Waals surface area contributed by atoms with E-state index in [1.165, 1.54) is 17.4 Å². The minimum Gasteiger partial charge on any atom is -0.431 e. The van der Waals surface area contributed by atoms with Gasteiger partial charge in [0.25, 0.3) is 0 Å². The van der Waals surface area contributed by atoms with Crippen LogP contribution >= 0.6 is 0 Å². The van der Waals surface area contributed by atoms with Crippen LogP contribution in [0.4, 0.5) is 0 Å². The summed E-state index contributed by atoms with van der Waals surface area (Å²) in [7, 11) is 0. The fraction of sp³-hybridized carbons (Fsp3) is 0.360. The molecule has 2 fully saturated rings. The van der Waals surface area contributed by atoms with Crippen molar-refractivity contribution in [3.05, 3.63) is 82.7 Å². The summed E-state index contributed by atoms with van der Waals surface area (Å²) in [5, 5.41) is 12.9. The third kappa shape index (κ3) is 4.50. The quantitative estimate of drug-likeness (QED) is 0.388. The lowest BCUT2D eigenvalue weighted by Crippen LogP contribution is -2.48. The van der Waals surface area contributed by atoms with Crippen LogP contribution in [0.15, 0.2) is 70.3 Å². The summed E-state index contributed by atoms with van der Waals surface area (Å²) in [6.45, 7) is 5.16. The smallest absolute Gasteiger partial charge is 0.343 e. The highest BCUT2D eigenvalue weighted by Crippen LogP contribution is 2.30. The van der Waals surface area contributed by atoms with Crippen LogP contribution in [0.3, 0.4) is 0 Å². The van der Waals surface area contributed by atoms with Gasteiger partial charge in [-0.25, -0.2) is 9.48 Å². The molecule has 4 aromatic rings. The second-order valence-electron chi connectivity index (χ2n) is 8.95. The van der Waals surface area contributed by atoms with E-state index in [0.717, 1.165) is 56.6 Å². The number of nitrogens with zero attached hydrogens (tertiary/aromatic N) is 6. The second-order valence-corrected chi connectivity index (χ2v) is 8.95. The van der Waals surface area contributed by atoms with Crippen LogP contribution in [0.25, 0.3) is 16.5 Å². The molecule has 0 saturated carbocycles. The van der Waals surface area contributed by atoms with Gasteiger partial charge in [-0.15, -0.1) is 5.10 Å². The molecule has 34 heavy (non-hydrogen) atoms. The van der Waals surface area contributed by atoms with E-state index in [2.05, 4.69) is 43.5 Å². The molecule has 0 radical (unpaired) electrons. The fourth-order valence-corrected chi connectivity index (χ4v) is 4.75. The van der Waals surface area contributed by atoms with Crippen LogP contribution in [0.2, 0.25) is 0 Å². The lowest BCUT2D eigenvalue weighted by Gasteiger charge is -2.34. The maximum Gasteiger partial charge on any atom is 0.343 e.